The summed E-state index contributed by atoms with van der Waals surface area (Å²) in [6.45, 7) is 3.26. The minimum Gasteiger partial charge on any atom is -0.478 e. The van der Waals surface area contributed by atoms with Crippen molar-refractivity contribution in [3.63, 3.8) is 0 Å². The molecule has 5 N–H and O–H groups in total. The molecule has 0 heterocycles. The fourth-order valence-corrected chi connectivity index (χ4v) is 1.38. The topological polar surface area (TPSA) is 130 Å². The average molecular weight is 280 g/mol. The van der Waals surface area contributed by atoms with Gasteiger partial charge in [-0.2, -0.15) is 0 Å². The van der Waals surface area contributed by atoms with Crippen molar-refractivity contribution in [2.45, 2.75) is 25.8 Å². The maximum Gasteiger partial charge on any atom is 0.335 e. The van der Waals surface area contributed by atoms with E-state index in [1.54, 1.807) is 6.92 Å². The lowest BCUT2D eigenvalue weighted by molar-refractivity contribution is -0.120. The summed E-state index contributed by atoms with van der Waals surface area (Å²) >= 11 is 0. The van der Waals surface area contributed by atoms with E-state index in [1.165, 1.54) is 19.1 Å². The molecule has 0 aliphatic heterocycles. The highest BCUT2D eigenvalue weighted by atomic mass is 16.4. The van der Waals surface area contributed by atoms with E-state index in [-0.39, 0.29) is 16.8 Å². The summed E-state index contributed by atoms with van der Waals surface area (Å²) in [7, 11) is 0. The van der Waals surface area contributed by atoms with Crippen molar-refractivity contribution in [1.29, 1.82) is 0 Å². The van der Waals surface area contributed by atoms with Gasteiger partial charge in [-0.25, -0.2) is 9.59 Å². The van der Waals surface area contributed by atoms with Crippen LogP contribution in [0.25, 0.3) is 0 Å². The number of nitrogens with two attached hydrogens (primary N) is 1. The molecule has 1 amide bonds. The Morgan fingerprint density at radius 2 is 1.60 bits per heavy atom. The second-order valence-electron chi connectivity index (χ2n) is 4.63. The van der Waals surface area contributed by atoms with Gasteiger partial charge >= 0.3 is 11.9 Å². The van der Waals surface area contributed by atoms with Gasteiger partial charge in [-0.15, -0.1) is 0 Å². The van der Waals surface area contributed by atoms with Gasteiger partial charge in [0.05, 0.1) is 16.7 Å². The molecule has 1 aromatic carbocycles. The number of nitrogens with one attached hydrogen (secondary N) is 1. The zero-order valence-electron chi connectivity index (χ0n) is 11.1. The van der Waals surface area contributed by atoms with Gasteiger partial charge in [0.2, 0.25) is 5.91 Å². The van der Waals surface area contributed by atoms with Crippen molar-refractivity contribution < 1.29 is 24.6 Å². The first-order valence-corrected chi connectivity index (χ1v) is 5.89. The molecule has 108 valence electrons. The number of benzene rings is 1. The number of rotatable bonds is 5. The minimum atomic E-state index is -1.28. The highest BCUT2D eigenvalue weighted by Gasteiger charge is 2.26. The number of amides is 1. The predicted octanol–water partition coefficient (Wildman–Crippen LogP) is 1.15. The van der Waals surface area contributed by atoms with E-state index >= 15 is 0 Å². The Hall–Kier alpha value is -2.41. The molecule has 0 spiro atoms. The molecule has 1 rings (SSSR count). The summed E-state index contributed by atoms with van der Waals surface area (Å²) in [5.41, 5.74) is 4.26. The molecule has 7 nitrogen and oxygen atoms in total. The van der Waals surface area contributed by atoms with Crippen LogP contribution < -0.4 is 11.1 Å². The quantitative estimate of drug-likeness (QED) is 0.640. The number of carboxylic acid groups (broad SMARTS) is 2. The molecule has 0 fully saturated rings. The summed E-state index contributed by atoms with van der Waals surface area (Å²) in [5.74, 6) is -3.08. The van der Waals surface area contributed by atoms with Crippen molar-refractivity contribution >= 4 is 23.5 Å². The lowest BCUT2D eigenvalue weighted by atomic mass is 9.99. The monoisotopic (exact) mass is 280 g/mol. The summed E-state index contributed by atoms with van der Waals surface area (Å²) in [5, 5.41) is 20.3. The second-order valence-corrected chi connectivity index (χ2v) is 4.63. The second kappa shape index (κ2) is 5.70. The molecule has 1 unspecified atom stereocenters. The SMILES string of the molecule is CCC(C)(N)C(=O)Nc1cc(C(=O)O)cc(C(=O)O)c1. The first-order valence-electron chi connectivity index (χ1n) is 5.89. The number of hydrogen-bond acceptors (Lipinski definition) is 4. The van der Waals surface area contributed by atoms with Crippen LogP contribution in [0, 0.1) is 0 Å². The van der Waals surface area contributed by atoms with Gasteiger partial charge in [0.15, 0.2) is 0 Å². The van der Waals surface area contributed by atoms with Gasteiger partial charge in [-0.3, -0.25) is 4.79 Å². The number of carbonyl (C=O) groups is 3. The van der Waals surface area contributed by atoms with Crippen LogP contribution in [0.5, 0.6) is 0 Å². The standard InChI is InChI=1S/C13H16N2O5/c1-3-13(2,14)12(20)15-9-5-7(10(16)17)4-8(6-9)11(18)19/h4-6H,3,14H2,1-2H3,(H,15,20)(H,16,17)(H,18,19). The fraction of sp³-hybridized carbons (Fsp3) is 0.308. The van der Waals surface area contributed by atoms with Crippen LogP contribution in [0.4, 0.5) is 5.69 Å². The maximum absolute atomic E-state index is 11.9. The summed E-state index contributed by atoms with van der Waals surface area (Å²) in [6, 6.07) is 3.37. The predicted molar refractivity (Wildman–Crippen MR) is 71.9 cm³/mol. The molecule has 0 aliphatic carbocycles. The highest BCUT2D eigenvalue weighted by molar-refractivity contribution is 6.01. The highest BCUT2D eigenvalue weighted by Crippen LogP contribution is 2.17. The number of hydrogen-bond donors (Lipinski definition) is 4. The third-order valence-corrected chi connectivity index (χ3v) is 2.94. The summed E-state index contributed by atoms with van der Waals surface area (Å²) < 4.78 is 0. The van der Waals surface area contributed by atoms with E-state index in [0.717, 1.165) is 6.07 Å². The first kappa shape index (κ1) is 15.6. The molecule has 20 heavy (non-hydrogen) atoms. The zero-order valence-corrected chi connectivity index (χ0v) is 11.1. The maximum atomic E-state index is 11.9. The molecule has 0 aromatic heterocycles. The van der Waals surface area contributed by atoms with E-state index in [4.69, 9.17) is 15.9 Å². The Labute approximate surface area is 115 Å². The van der Waals surface area contributed by atoms with Crippen LogP contribution >= 0.6 is 0 Å². The number of anilines is 1. The van der Waals surface area contributed by atoms with Gasteiger partial charge < -0.3 is 21.3 Å². The summed E-state index contributed by atoms with van der Waals surface area (Å²) in [6.07, 6.45) is 0.378. The molecule has 0 radical (unpaired) electrons. The van der Waals surface area contributed by atoms with Crippen LogP contribution in [0.2, 0.25) is 0 Å². The molecule has 0 bridgehead atoms. The Bertz CT molecular complexity index is 534. The van der Waals surface area contributed by atoms with Crippen molar-refractivity contribution in [2.75, 3.05) is 5.32 Å². The third-order valence-electron chi connectivity index (χ3n) is 2.94. The van der Waals surface area contributed by atoms with Crippen molar-refractivity contribution in [3.05, 3.63) is 29.3 Å². The van der Waals surface area contributed by atoms with Gasteiger partial charge in [0.1, 0.15) is 0 Å². The molecule has 1 aromatic rings. The lowest BCUT2D eigenvalue weighted by Gasteiger charge is -2.21. The normalized spacial score (nSPS) is 13.3. The van der Waals surface area contributed by atoms with Crippen molar-refractivity contribution in [3.8, 4) is 0 Å². The molecule has 7 heteroatoms. The van der Waals surface area contributed by atoms with E-state index in [1.807, 2.05) is 0 Å². The minimum absolute atomic E-state index is 0.0809. The van der Waals surface area contributed by atoms with Crippen molar-refractivity contribution in [2.24, 2.45) is 5.73 Å². The van der Waals surface area contributed by atoms with E-state index < -0.39 is 23.4 Å². The molecule has 0 saturated carbocycles. The lowest BCUT2D eigenvalue weighted by Crippen LogP contribution is -2.47. The van der Waals surface area contributed by atoms with Crippen LogP contribution in [0.15, 0.2) is 18.2 Å². The largest absolute Gasteiger partial charge is 0.478 e. The number of carboxylic acids is 2. The molecular weight excluding hydrogens is 264 g/mol. The third kappa shape index (κ3) is 3.55. The van der Waals surface area contributed by atoms with Crippen LogP contribution in [-0.2, 0) is 4.79 Å². The molecule has 0 aliphatic rings. The van der Waals surface area contributed by atoms with Crippen molar-refractivity contribution in [1.82, 2.24) is 0 Å². The Kier molecular flexibility index (Phi) is 4.46. The molecule has 1 atom stereocenters. The Balaban J connectivity index is 3.15. The van der Waals surface area contributed by atoms with E-state index in [0.29, 0.717) is 6.42 Å². The van der Waals surface area contributed by atoms with Crippen LogP contribution in [0.3, 0.4) is 0 Å². The smallest absolute Gasteiger partial charge is 0.335 e. The van der Waals surface area contributed by atoms with Gasteiger partial charge in [-0.1, -0.05) is 6.92 Å². The zero-order chi connectivity index (χ0) is 15.5. The van der Waals surface area contributed by atoms with E-state index in [2.05, 4.69) is 5.32 Å². The van der Waals surface area contributed by atoms with E-state index in [9.17, 15) is 14.4 Å². The fourth-order valence-electron chi connectivity index (χ4n) is 1.38. The molecular formula is C13H16N2O5. The average Bonchev–Trinajstić information content (AvgIpc) is 2.38. The van der Waals surface area contributed by atoms with Gasteiger partial charge in [0.25, 0.3) is 0 Å². The Morgan fingerprint density at radius 1 is 1.15 bits per heavy atom. The Morgan fingerprint density at radius 3 is 1.95 bits per heavy atom. The number of carbonyl (C=O) groups excluding carboxylic acids is 1. The van der Waals surface area contributed by atoms with Crippen LogP contribution in [-0.4, -0.2) is 33.6 Å². The first-order chi connectivity index (χ1) is 9.17. The van der Waals surface area contributed by atoms with Crippen LogP contribution in [0.1, 0.15) is 41.0 Å². The van der Waals surface area contributed by atoms with Gasteiger partial charge in [-0.05, 0) is 31.5 Å². The molecule has 0 saturated heterocycles. The number of aromatic carboxylic acids is 2. The summed E-state index contributed by atoms with van der Waals surface area (Å²) in [4.78, 5) is 33.8. The van der Waals surface area contributed by atoms with Gasteiger partial charge in [0, 0.05) is 5.69 Å².